The van der Waals surface area contributed by atoms with Crippen molar-refractivity contribution in [2.75, 3.05) is 0 Å². The SMILES string of the molecule is NCc1ccccc1C[C@H](N)C(=O)O. The van der Waals surface area contributed by atoms with E-state index in [0.29, 0.717) is 13.0 Å². The predicted octanol–water partition coefficient (Wildman–Crippen LogP) is 0.0997. The number of nitrogens with two attached hydrogens (primary N) is 2. The van der Waals surface area contributed by atoms with Crippen LogP contribution in [0.4, 0.5) is 0 Å². The summed E-state index contributed by atoms with van der Waals surface area (Å²) in [5.74, 6) is -0.989. The molecule has 0 aromatic heterocycles. The number of hydrogen-bond donors (Lipinski definition) is 3. The van der Waals surface area contributed by atoms with Crippen LogP contribution in [0.2, 0.25) is 0 Å². The maximum Gasteiger partial charge on any atom is 0.320 e. The summed E-state index contributed by atoms with van der Waals surface area (Å²) < 4.78 is 0. The lowest BCUT2D eigenvalue weighted by Gasteiger charge is -2.10. The second kappa shape index (κ2) is 4.74. The van der Waals surface area contributed by atoms with E-state index < -0.39 is 12.0 Å². The van der Waals surface area contributed by atoms with Crippen LogP contribution in [0.15, 0.2) is 24.3 Å². The topological polar surface area (TPSA) is 89.3 Å². The van der Waals surface area contributed by atoms with Gasteiger partial charge in [0, 0.05) is 6.54 Å². The molecule has 5 N–H and O–H groups in total. The van der Waals surface area contributed by atoms with Crippen LogP contribution in [0.5, 0.6) is 0 Å². The fourth-order valence-electron chi connectivity index (χ4n) is 1.28. The highest BCUT2D eigenvalue weighted by molar-refractivity contribution is 5.73. The Morgan fingerprint density at radius 2 is 1.93 bits per heavy atom. The largest absolute Gasteiger partial charge is 0.480 e. The van der Waals surface area contributed by atoms with Crippen molar-refractivity contribution in [2.24, 2.45) is 11.5 Å². The second-order valence-electron chi connectivity index (χ2n) is 3.12. The molecule has 4 nitrogen and oxygen atoms in total. The Morgan fingerprint density at radius 3 is 2.43 bits per heavy atom. The number of carboxylic acid groups (broad SMARTS) is 1. The van der Waals surface area contributed by atoms with Crippen LogP contribution in [0, 0.1) is 0 Å². The molecule has 0 amide bonds. The molecule has 1 rings (SSSR count). The molecule has 1 aromatic carbocycles. The summed E-state index contributed by atoms with van der Waals surface area (Å²) >= 11 is 0. The third-order valence-electron chi connectivity index (χ3n) is 2.10. The van der Waals surface area contributed by atoms with Gasteiger partial charge in [-0.1, -0.05) is 24.3 Å². The molecule has 0 unspecified atom stereocenters. The molecule has 4 heteroatoms. The summed E-state index contributed by atoms with van der Waals surface area (Å²) in [5, 5.41) is 8.65. The van der Waals surface area contributed by atoms with Gasteiger partial charge in [0.25, 0.3) is 0 Å². The summed E-state index contributed by atoms with van der Waals surface area (Å²) in [5.41, 5.74) is 12.8. The van der Waals surface area contributed by atoms with Gasteiger partial charge in [-0.25, -0.2) is 0 Å². The van der Waals surface area contributed by atoms with Gasteiger partial charge in [-0.2, -0.15) is 0 Å². The fourth-order valence-corrected chi connectivity index (χ4v) is 1.28. The quantitative estimate of drug-likeness (QED) is 0.634. The summed E-state index contributed by atoms with van der Waals surface area (Å²) in [4.78, 5) is 10.5. The second-order valence-corrected chi connectivity index (χ2v) is 3.12. The van der Waals surface area contributed by atoms with Crippen molar-refractivity contribution in [3.8, 4) is 0 Å². The zero-order valence-corrected chi connectivity index (χ0v) is 7.81. The van der Waals surface area contributed by atoms with Gasteiger partial charge in [0.2, 0.25) is 0 Å². The van der Waals surface area contributed by atoms with E-state index in [0.717, 1.165) is 11.1 Å². The number of carbonyl (C=O) groups is 1. The minimum Gasteiger partial charge on any atom is -0.480 e. The molecule has 1 aromatic rings. The number of benzene rings is 1. The van der Waals surface area contributed by atoms with E-state index >= 15 is 0 Å². The summed E-state index contributed by atoms with van der Waals surface area (Å²) in [6, 6.07) is 6.60. The first-order valence-electron chi connectivity index (χ1n) is 4.40. The van der Waals surface area contributed by atoms with Gasteiger partial charge in [0.15, 0.2) is 0 Å². The monoisotopic (exact) mass is 194 g/mol. The molecule has 0 radical (unpaired) electrons. The molecule has 76 valence electrons. The summed E-state index contributed by atoms with van der Waals surface area (Å²) in [6.45, 7) is 0.405. The first-order chi connectivity index (χ1) is 6.65. The maximum atomic E-state index is 10.5. The van der Waals surface area contributed by atoms with Gasteiger partial charge < -0.3 is 16.6 Å². The van der Waals surface area contributed by atoms with Crippen molar-refractivity contribution in [2.45, 2.75) is 19.0 Å². The molecule has 0 aliphatic heterocycles. The number of rotatable bonds is 4. The Hall–Kier alpha value is -1.39. The van der Waals surface area contributed by atoms with Gasteiger partial charge in [0.05, 0.1) is 0 Å². The Labute approximate surface area is 82.5 Å². The zero-order chi connectivity index (χ0) is 10.6. The van der Waals surface area contributed by atoms with E-state index in [1.807, 2.05) is 24.3 Å². The normalized spacial score (nSPS) is 12.4. The molecule has 1 atom stereocenters. The minimum absolute atomic E-state index is 0.322. The Kier molecular flexibility index (Phi) is 3.62. The van der Waals surface area contributed by atoms with Crippen LogP contribution in [-0.4, -0.2) is 17.1 Å². The zero-order valence-electron chi connectivity index (χ0n) is 7.81. The standard InChI is InChI=1S/C10H14N2O2/c11-6-8-4-2-1-3-7(8)5-9(12)10(13)14/h1-4,9H,5-6,11-12H2,(H,13,14)/t9-/m0/s1. The van der Waals surface area contributed by atoms with E-state index in [-0.39, 0.29) is 0 Å². The molecule has 0 spiro atoms. The lowest BCUT2D eigenvalue weighted by atomic mass is 10.0. The van der Waals surface area contributed by atoms with Crippen LogP contribution in [0.3, 0.4) is 0 Å². The van der Waals surface area contributed by atoms with E-state index in [1.165, 1.54) is 0 Å². The van der Waals surface area contributed by atoms with Gasteiger partial charge in [-0.05, 0) is 17.5 Å². The van der Waals surface area contributed by atoms with Crippen LogP contribution >= 0.6 is 0 Å². The fraction of sp³-hybridized carbons (Fsp3) is 0.300. The lowest BCUT2D eigenvalue weighted by Crippen LogP contribution is -2.32. The molecule has 0 fully saturated rings. The lowest BCUT2D eigenvalue weighted by molar-refractivity contribution is -0.138. The number of hydrogen-bond acceptors (Lipinski definition) is 3. The average Bonchev–Trinajstić information content (AvgIpc) is 2.18. The smallest absolute Gasteiger partial charge is 0.320 e. The van der Waals surface area contributed by atoms with Crippen LogP contribution in [0.1, 0.15) is 11.1 Å². The number of aliphatic carboxylic acids is 1. The van der Waals surface area contributed by atoms with E-state index in [2.05, 4.69) is 0 Å². The molecule has 0 aliphatic carbocycles. The van der Waals surface area contributed by atoms with Crippen molar-refractivity contribution < 1.29 is 9.90 Å². The summed E-state index contributed by atoms with van der Waals surface area (Å²) in [6.07, 6.45) is 0.322. The molecule has 0 saturated heterocycles. The van der Waals surface area contributed by atoms with E-state index in [9.17, 15) is 4.79 Å². The van der Waals surface area contributed by atoms with Crippen LogP contribution in [-0.2, 0) is 17.8 Å². The van der Waals surface area contributed by atoms with Crippen molar-refractivity contribution in [1.29, 1.82) is 0 Å². The van der Waals surface area contributed by atoms with Crippen LogP contribution < -0.4 is 11.5 Å². The predicted molar refractivity (Wildman–Crippen MR) is 53.6 cm³/mol. The van der Waals surface area contributed by atoms with Crippen molar-refractivity contribution >= 4 is 5.97 Å². The Bertz CT molecular complexity index is 326. The first kappa shape index (κ1) is 10.7. The van der Waals surface area contributed by atoms with E-state index in [4.69, 9.17) is 16.6 Å². The van der Waals surface area contributed by atoms with E-state index in [1.54, 1.807) is 0 Å². The van der Waals surface area contributed by atoms with Gasteiger partial charge >= 0.3 is 5.97 Å². The molecular formula is C10H14N2O2. The molecule has 0 bridgehead atoms. The molecule has 14 heavy (non-hydrogen) atoms. The molecule has 0 heterocycles. The van der Waals surface area contributed by atoms with Crippen molar-refractivity contribution in [3.05, 3.63) is 35.4 Å². The third-order valence-corrected chi connectivity index (χ3v) is 2.10. The highest BCUT2D eigenvalue weighted by atomic mass is 16.4. The van der Waals surface area contributed by atoms with Crippen molar-refractivity contribution in [3.63, 3.8) is 0 Å². The minimum atomic E-state index is -0.989. The number of carboxylic acids is 1. The Balaban J connectivity index is 2.80. The molecule has 0 aliphatic rings. The van der Waals surface area contributed by atoms with Gasteiger partial charge in [-0.15, -0.1) is 0 Å². The van der Waals surface area contributed by atoms with Crippen LogP contribution in [0.25, 0.3) is 0 Å². The third kappa shape index (κ3) is 2.55. The first-order valence-corrected chi connectivity index (χ1v) is 4.40. The molecule has 0 saturated carbocycles. The Morgan fingerprint density at radius 1 is 1.36 bits per heavy atom. The summed E-state index contributed by atoms with van der Waals surface area (Å²) in [7, 11) is 0. The average molecular weight is 194 g/mol. The molecular weight excluding hydrogens is 180 g/mol. The van der Waals surface area contributed by atoms with Gasteiger partial charge in [0.1, 0.15) is 6.04 Å². The van der Waals surface area contributed by atoms with Gasteiger partial charge in [-0.3, -0.25) is 4.79 Å². The van der Waals surface area contributed by atoms with Crippen molar-refractivity contribution in [1.82, 2.24) is 0 Å². The maximum absolute atomic E-state index is 10.5. The highest BCUT2D eigenvalue weighted by Gasteiger charge is 2.13. The highest BCUT2D eigenvalue weighted by Crippen LogP contribution is 2.09.